The van der Waals surface area contributed by atoms with Crippen LogP contribution < -0.4 is 11.1 Å². The molecular weight excluding hydrogens is 152 g/mol. The van der Waals surface area contributed by atoms with Crippen LogP contribution in [0.25, 0.3) is 0 Å². The fourth-order valence-corrected chi connectivity index (χ4v) is 1.63. The Hall–Kier alpha value is -1.25. The Balaban J connectivity index is 2.96. The highest BCUT2D eigenvalue weighted by Gasteiger charge is 2.26. The molecule has 1 rings (SSSR count). The number of nitrogens with one attached hydrogen (secondary N) is 1. The molecule has 0 aliphatic heterocycles. The molecule has 3 nitrogen and oxygen atoms in total. The molecule has 3 heteroatoms. The number of rotatable bonds is 3. The number of amides is 1. The third kappa shape index (κ3) is 1.35. The van der Waals surface area contributed by atoms with Crippen molar-refractivity contribution >= 4 is 5.91 Å². The molecule has 0 aromatic heterocycles. The number of carbonyl (C=O) groups excluding carboxylic acids is 1. The predicted octanol–water partition coefficient (Wildman–Crippen LogP) is 0.541. The van der Waals surface area contributed by atoms with Gasteiger partial charge in [0, 0.05) is 24.2 Å². The summed E-state index contributed by atoms with van der Waals surface area (Å²) in [4.78, 5) is 11.0. The van der Waals surface area contributed by atoms with Gasteiger partial charge in [0.05, 0.1) is 0 Å². The van der Waals surface area contributed by atoms with Crippen LogP contribution in [0, 0.1) is 5.92 Å². The smallest absolute Gasteiger partial charge is 0.246 e. The Morgan fingerprint density at radius 1 is 1.83 bits per heavy atom. The highest BCUT2D eigenvalue weighted by Crippen LogP contribution is 2.30. The third-order valence-corrected chi connectivity index (χ3v) is 2.25. The molecule has 0 bridgehead atoms. The molecule has 0 saturated heterocycles. The SMILES string of the molecule is C=CC1CCC(NC)=C1C(N)=O. The number of nitrogens with two attached hydrogens (primary N) is 1. The van der Waals surface area contributed by atoms with E-state index in [1.165, 1.54) is 0 Å². The summed E-state index contributed by atoms with van der Waals surface area (Å²) in [5.41, 5.74) is 6.91. The van der Waals surface area contributed by atoms with E-state index in [-0.39, 0.29) is 11.8 Å². The van der Waals surface area contributed by atoms with Crippen molar-refractivity contribution in [2.75, 3.05) is 7.05 Å². The maximum Gasteiger partial charge on any atom is 0.246 e. The van der Waals surface area contributed by atoms with Gasteiger partial charge in [-0.2, -0.15) is 0 Å². The Bertz CT molecular complexity index is 243. The van der Waals surface area contributed by atoms with Crippen LogP contribution in [-0.2, 0) is 4.79 Å². The molecule has 1 aliphatic rings. The van der Waals surface area contributed by atoms with E-state index in [4.69, 9.17) is 5.73 Å². The molecule has 0 aromatic carbocycles. The normalized spacial score (nSPS) is 22.6. The van der Waals surface area contributed by atoms with Gasteiger partial charge in [-0.1, -0.05) is 6.08 Å². The van der Waals surface area contributed by atoms with Crippen LogP contribution in [0.2, 0.25) is 0 Å². The minimum atomic E-state index is -0.332. The topological polar surface area (TPSA) is 55.1 Å². The van der Waals surface area contributed by atoms with Crippen LogP contribution in [0.15, 0.2) is 23.9 Å². The van der Waals surface area contributed by atoms with E-state index in [1.807, 2.05) is 7.05 Å². The predicted molar refractivity (Wildman–Crippen MR) is 48.2 cm³/mol. The van der Waals surface area contributed by atoms with E-state index < -0.39 is 0 Å². The molecule has 3 N–H and O–H groups in total. The van der Waals surface area contributed by atoms with Crippen molar-refractivity contribution in [1.29, 1.82) is 0 Å². The van der Waals surface area contributed by atoms with Gasteiger partial charge in [0.2, 0.25) is 5.91 Å². The molecule has 0 spiro atoms. The average Bonchev–Trinajstić information content (AvgIpc) is 2.46. The van der Waals surface area contributed by atoms with Crippen molar-refractivity contribution in [3.05, 3.63) is 23.9 Å². The summed E-state index contributed by atoms with van der Waals surface area (Å²) in [7, 11) is 1.81. The maximum absolute atomic E-state index is 11.0. The molecule has 0 saturated carbocycles. The zero-order valence-corrected chi connectivity index (χ0v) is 7.26. The molecule has 0 aromatic rings. The summed E-state index contributed by atoms with van der Waals surface area (Å²) in [6.45, 7) is 3.67. The maximum atomic E-state index is 11.0. The zero-order chi connectivity index (χ0) is 9.14. The molecular formula is C9H14N2O. The lowest BCUT2D eigenvalue weighted by atomic mass is 10.0. The van der Waals surface area contributed by atoms with Crippen LogP contribution >= 0.6 is 0 Å². The van der Waals surface area contributed by atoms with E-state index >= 15 is 0 Å². The average molecular weight is 166 g/mol. The molecule has 1 aliphatic carbocycles. The second-order valence-corrected chi connectivity index (χ2v) is 2.89. The monoisotopic (exact) mass is 166 g/mol. The van der Waals surface area contributed by atoms with Gasteiger partial charge in [-0.25, -0.2) is 0 Å². The van der Waals surface area contributed by atoms with Crippen LogP contribution in [0.5, 0.6) is 0 Å². The molecule has 1 amide bonds. The second-order valence-electron chi connectivity index (χ2n) is 2.89. The molecule has 1 unspecified atom stereocenters. The van der Waals surface area contributed by atoms with Gasteiger partial charge in [-0.15, -0.1) is 6.58 Å². The first-order chi connectivity index (χ1) is 5.70. The van der Waals surface area contributed by atoms with Crippen LogP contribution in [0.4, 0.5) is 0 Å². The highest BCUT2D eigenvalue weighted by molar-refractivity contribution is 5.94. The van der Waals surface area contributed by atoms with Gasteiger partial charge >= 0.3 is 0 Å². The van der Waals surface area contributed by atoms with E-state index in [0.29, 0.717) is 5.57 Å². The van der Waals surface area contributed by atoms with Crippen molar-refractivity contribution in [3.8, 4) is 0 Å². The minimum absolute atomic E-state index is 0.143. The number of hydrogen-bond donors (Lipinski definition) is 2. The summed E-state index contributed by atoms with van der Waals surface area (Å²) in [5.74, 6) is -0.188. The van der Waals surface area contributed by atoms with Crippen molar-refractivity contribution in [2.24, 2.45) is 11.7 Å². The van der Waals surface area contributed by atoms with Gasteiger partial charge in [-0.05, 0) is 12.8 Å². The molecule has 0 radical (unpaired) electrons. The van der Waals surface area contributed by atoms with Crippen molar-refractivity contribution < 1.29 is 4.79 Å². The first kappa shape index (κ1) is 8.84. The standard InChI is InChI=1S/C9H14N2O/c1-3-6-4-5-7(11-2)8(6)9(10)12/h3,6,11H,1,4-5H2,2H3,(H2,10,12). The van der Waals surface area contributed by atoms with Crippen LogP contribution in [0.3, 0.4) is 0 Å². The van der Waals surface area contributed by atoms with Crippen LogP contribution in [-0.4, -0.2) is 13.0 Å². The van der Waals surface area contributed by atoms with Gasteiger partial charge in [0.15, 0.2) is 0 Å². The Labute approximate surface area is 72.3 Å². The van der Waals surface area contributed by atoms with Gasteiger partial charge in [0.1, 0.15) is 0 Å². The molecule has 66 valence electrons. The molecule has 0 heterocycles. The minimum Gasteiger partial charge on any atom is -0.391 e. The van der Waals surface area contributed by atoms with E-state index in [1.54, 1.807) is 6.08 Å². The Morgan fingerprint density at radius 2 is 2.50 bits per heavy atom. The lowest BCUT2D eigenvalue weighted by Crippen LogP contribution is -2.20. The highest BCUT2D eigenvalue weighted by atomic mass is 16.1. The first-order valence-electron chi connectivity index (χ1n) is 4.03. The second kappa shape index (κ2) is 3.43. The Morgan fingerprint density at radius 3 is 2.92 bits per heavy atom. The van der Waals surface area contributed by atoms with E-state index in [2.05, 4.69) is 11.9 Å². The fourth-order valence-electron chi connectivity index (χ4n) is 1.63. The molecule has 12 heavy (non-hydrogen) atoms. The van der Waals surface area contributed by atoms with Gasteiger partial charge in [-0.3, -0.25) is 4.79 Å². The summed E-state index contributed by atoms with van der Waals surface area (Å²) >= 11 is 0. The van der Waals surface area contributed by atoms with Crippen molar-refractivity contribution in [1.82, 2.24) is 5.32 Å². The summed E-state index contributed by atoms with van der Waals surface area (Å²) in [5, 5.41) is 2.99. The number of carbonyl (C=O) groups is 1. The van der Waals surface area contributed by atoms with E-state index in [0.717, 1.165) is 18.5 Å². The summed E-state index contributed by atoms with van der Waals surface area (Å²) in [6.07, 6.45) is 3.62. The third-order valence-electron chi connectivity index (χ3n) is 2.25. The largest absolute Gasteiger partial charge is 0.391 e. The number of primary amides is 1. The molecule has 1 atom stereocenters. The fraction of sp³-hybridized carbons (Fsp3) is 0.444. The van der Waals surface area contributed by atoms with Crippen molar-refractivity contribution in [3.63, 3.8) is 0 Å². The molecule has 0 fully saturated rings. The van der Waals surface area contributed by atoms with Gasteiger partial charge in [0.25, 0.3) is 0 Å². The van der Waals surface area contributed by atoms with E-state index in [9.17, 15) is 4.79 Å². The number of allylic oxidation sites excluding steroid dienone is 2. The summed E-state index contributed by atoms with van der Waals surface area (Å²) < 4.78 is 0. The quantitative estimate of drug-likeness (QED) is 0.601. The number of hydrogen-bond acceptors (Lipinski definition) is 2. The van der Waals surface area contributed by atoms with Crippen molar-refractivity contribution in [2.45, 2.75) is 12.8 Å². The Kier molecular flexibility index (Phi) is 2.53. The van der Waals surface area contributed by atoms with Crippen LogP contribution in [0.1, 0.15) is 12.8 Å². The summed E-state index contributed by atoms with van der Waals surface area (Å²) in [6, 6.07) is 0. The zero-order valence-electron chi connectivity index (χ0n) is 7.26. The lowest BCUT2D eigenvalue weighted by Gasteiger charge is -2.06. The lowest BCUT2D eigenvalue weighted by molar-refractivity contribution is -0.114. The van der Waals surface area contributed by atoms with Gasteiger partial charge < -0.3 is 11.1 Å². The first-order valence-corrected chi connectivity index (χ1v) is 4.03.